The second-order valence-electron chi connectivity index (χ2n) is 12.1. The van der Waals surface area contributed by atoms with Crippen LogP contribution in [0.4, 0.5) is 11.6 Å². The van der Waals surface area contributed by atoms with E-state index in [2.05, 4.69) is 118 Å². The summed E-state index contributed by atoms with van der Waals surface area (Å²) in [5.74, 6) is 4.85. The van der Waals surface area contributed by atoms with E-state index in [4.69, 9.17) is 25.0 Å². The van der Waals surface area contributed by atoms with Crippen molar-refractivity contribution in [3.63, 3.8) is 0 Å². The number of benzene rings is 4. The van der Waals surface area contributed by atoms with Crippen LogP contribution < -0.4 is 11.0 Å². The van der Waals surface area contributed by atoms with Gasteiger partial charge in [-0.2, -0.15) is 0 Å². The van der Waals surface area contributed by atoms with Crippen LogP contribution in [-0.4, -0.2) is 51.8 Å². The van der Waals surface area contributed by atoms with E-state index < -0.39 is 8.40 Å². The van der Waals surface area contributed by atoms with Gasteiger partial charge in [0.05, 0.1) is 18.2 Å². The molecule has 0 spiro atoms. The monoisotopic (exact) mass is 585 g/mol. The molecule has 4 aromatic carbocycles. The third kappa shape index (κ3) is 2.87. The molecule has 6 heterocycles. The Morgan fingerprint density at radius 1 is 0.500 bits per heavy atom. The van der Waals surface area contributed by atoms with Crippen LogP contribution in [0.2, 0.25) is 13.1 Å². The summed E-state index contributed by atoms with van der Waals surface area (Å²) in [6.07, 6.45) is 0. The molecule has 0 atom stereocenters. The maximum absolute atomic E-state index is 5.53. The molecule has 8 nitrogen and oxygen atoms in total. The molecular weight excluding hydrogens is 561 g/mol. The molecule has 4 aliphatic rings. The van der Waals surface area contributed by atoms with Crippen molar-refractivity contribution in [2.45, 2.75) is 13.1 Å². The summed E-state index contributed by atoms with van der Waals surface area (Å²) in [6.45, 7) is 4.69. The van der Waals surface area contributed by atoms with Crippen LogP contribution in [0.25, 0.3) is 21.5 Å². The van der Waals surface area contributed by atoms with Crippen molar-refractivity contribution < 1.29 is 4.58 Å². The fraction of sp³-hybridized carbons (Fsp3) is 0.0857. The van der Waals surface area contributed by atoms with Crippen molar-refractivity contribution in [2.75, 3.05) is 7.05 Å². The second-order valence-corrected chi connectivity index (χ2v) is 15.9. The number of hydrogen-bond acceptors (Lipinski definition) is 5. The lowest BCUT2D eigenvalue weighted by molar-refractivity contribution is -0.366. The molecule has 0 fully saturated rings. The van der Waals surface area contributed by atoms with Gasteiger partial charge in [-0.3, -0.25) is 0 Å². The summed E-state index contributed by atoms with van der Waals surface area (Å²) >= 11 is 0. The van der Waals surface area contributed by atoms with Gasteiger partial charge in [0.15, 0.2) is 11.7 Å². The summed E-state index contributed by atoms with van der Waals surface area (Å²) < 4.78 is 6.92. The summed E-state index contributed by atoms with van der Waals surface area (Å²) in [7, 11) is -0.732. The number of amidine groups is 4. The summed E-state index contributed by atoms with van der Waals surface area (Å²) in [5.41, 5.74) is 5.85. The standard InChI is InChI=1S/C35H25N8Si/c1-41-30-22-14-6-7-15-23(22)31(41)40-35-27-19-11-9-17-25(27)33-38-29-21-13-5-4-12-20(21)28(36-29)37-32-24-16-8-10-18-26(24)34(39-30)42(32)44(2,3)43(33)35/h4-19H,1-3H3/q+1. The van der Waals surface area contributed by atoms with Gasteiger partial charge in [0.25, 0.3) is 20.1 Å². The lowest BCUT2D eigenvalue weighted by Gasteiger charge is -2.28. The van der Waals surface area contributed by atoms with Crippen LogP contribution >= 0.6 is 0 Å². The van der Waals surface area contributed by atoms with Crippen LogP contribution in [0.5, 0.6) is 0 Å². The number of hydrogen-bond donors (Lipinski definition) is 0. The molecule has 4 aliphatic heterocycles. The van der Waals surface area contributed by atoms with Gasteiger partial charge in [-0.25, -0.2) is 19.6 Å². The molecule has 6 aromatic rings. The largest absolute Gasteiger partial charge is 0.305 e. The molecule has 0 saturated heterocycles. The topological polar surface area (TPSA) is 74.7 Å². The highest BCUT2D eigenvalue weighted by Crippen LogP contribution is 2.42. The van der Waals surface area contributed by atoms with Gasteiger partial charge < -0.3 is 8.47 Å². The van der Waals surface area contributed by atoms with Crippen molar-refractivity contribution in [3.8, 4) is 0 Å². The van der Waals surface area contributed by atoms with E-state index in [1.54, 1.807) is 0 Å². The van der Waals surface area contributed by atoms with E-state index >= 15 is 0 Å². The minimum Gasteiger partial charge on any atom is -0.305 e. The zero-order valence-corrected chi connectivity index (χ0v) is 25.3. The summed E-state index contributed by atoms with van der Waals surface area (Å²) in [5, 5.41) is 4.21. The molecule has 0 amide bonds. The lowest BCUT2D eigenvalue weighted by Crippen LogP contribution is -2.55. The average Bonchev–Trinajstić information content (AvgIpc) is 3.73. The number of fused-ring (bicyclic) bond motifs is 14. The number of nitrogens with zero attached hydrogens (tertiary/aromatic N) is 8. The van der Waals surface area contributed by atoms with Gasteiger partial charge in [0.1, 0.15) is 11.3 Å². The molecule has 0 radical (unpaired) electrons. The van der Waals surface area contributed by atoms with Gasteiger partial charge in [0.2, 0.25) is 11.3 Å². The van der Waals surface area contributed by atoms with Crippen LogP contribution in [0.3, 0.4) is 0 Å². The van der Waals surface area contributed by atoms with Gasteiger partial charge in [0, 0.05) is 32.7 Å². The maximum atomic E-state index is 5.53. The SMILES string of the molecule is C[N+]1=C2N=c3c4ccccc4c4n3[Si](C)(C)n3c(c5ccccc5c3N=C1c1ccccc12)N=C1N=C(N=4)c2ccccc21. The van der Waals surface area contributed by atoms with E-state index in [0.717, 1.165) is 78.1 Å². The van der Waals surface area contributed by atoms with E-state index in [1.807, 2.05) is 12.1 Å². The molecule has 208 valence electrons. The molecule has 0 N–H and O–H groups in total. The Labute approximate surface area is 252 Å². The van der Waals surface area contributed by atoms with Gasteiger partial charge in [-0.15, -0.1) is 0 Å². The molecule has 0 saturated carbocycles. The van der Waals surface area contributed by atoms with Gasteiger partial charge >= 0.3 is 0 Å². The predicted molar refractivity (Wildman–Crippen MR) is 177 cm³/mol. The molecule has 0 aliphatic carbocycles. The van der Waals surface area contributed by atoms with E-state index in [-0.39, 0.29) is 0 Å². The normalized spacial score (nSPS) is 16.9. The minimum absolute atomic E-state index is 0.674. The number of rotatable bonds is 0. The fourth-order valence-electron chi connectivity index (χ4n) is 7.28. The number of aliphatic imine (C=N–C) groups is 3. The van der Waals surface area contributed by atoms with Crippen molar-refractivity contribution in [1.82, 2.24) is 8.47 Å². The minimum atomic E-state index is -2.80. The van der Waals surface area contributed by atoms with Crippen LogP contribution in [0.15, 0.2) is 122 Å². The highest BCUT2D eigenvalue weighted by atomic mass is 28.3. The van der Waals surface area contributed by atoms with Crippen LogP contribution in [-0.2, 0) is 0 Å². The molecule has 9 heteroatoms. The quantitative estimate of drug-likeness (QED) is 0.172. The molecular formula is C35H25N8Si+. The molecule has 2 aromatic heterocycles. The first-order valence-corrected chi connectivity index (χ1v) is 17.7. The Balaban J connectivity index is 1.54. The Hall–Kier alpha value is -5.54. The smallest absolute Gasteiger partial charge is 0.275 e. The Morgan fingerprint density at radius 3 is 1.66 bits per heavy atom. The fourth-order valence-corrected chi connectivity index (χ4v) is 10.2. The zero-order valence-electron chi connectivity index (χ0n) is 24.3. The summed E-state index contributed by atoms with van der Waals surface area (Å²) in [4.78, 5) is 26.9. The van der Waals surface area contributed by atoms with Crippen molar-refractivity contribution in [1.29, 1.82) is 0 Å². The first-order valence-electron chi connectivity index (χ1n) is 14.8. The first-order chi connectivity index (χ1) is 21.5. The van der Waals surface area contributed by atoms with E-state index in [0.29, 0.717) is 11.7 Å². The highest BCUT2D eigenvalue weighted by Gasteiger charge is 2.42. The third-order valence-corrected chi connectivity index (χ3v) is 12.3. The zero-order chi connectivity index (χ0) is 29.3. The van der Waals surface area contributed by atoms with Crippen LogP contribution in [0.1, 0.15) is 22.3 Å². The Bertz CT molecular complexity index is 2590. The number of aromatic nitrogens is 2. The lowest BCUT2D eigenvalue weighted by atomic mass is 10.1. The van der Waals surface area contributed by atoms with E-state index in [1.165, 1.54) is 0 Å². The molecule has 0 unspecified atom stereocenters. The van der Waals surface area contributed by atoms with Gasteiger partial charge in [-0.05, 0) is 37.4 Å². The average molecular weight is 586 g/mol. The van der Waals surface area contributed by atoms with Crippen molar-refractivity contribution in [2.24, 2.45) is 25.0 Å². The highest BCUT2D eigenvalue weighted by molar-refractivity contribution is 6.75. The summed E-state index contributed by atoms with van der Waals surface area (Å²) in [6, 6.07) is 33.7. The maximum Gasteiger partial charge on any atom is 0.275 e. The third-order valence-electron chi connectivity index (χ3n) is 9.27. The van der Waals surface area contributed by atoms with Crippen molar-refractivity contribution in [3.05, 3.63) is 130 Å². The first kappa shape index (κ1) is 24.0. The Morgan fingerprint density at radius 2 is 1.00 bits per heavy atom. The molecule has 6 bridgehead atoms. The Kier molecular flexibility index (Phi) is 4.40. The van der Waals surface area contributed by atoms with Crippen LogP contribution in [0, 0.1) is 0 Å². The predicted octanol–water partition coefficient (Wildman–Crippen LogP) is 5.28. The van der Waals surface area contributed by atoms with Gasteiger partial charge in [-0.1, -0.05) is 82.8 Å². The van der Waals surface area contributed by atoms with Crippen molar-refractivity contribution >= 4 is 64.9 Å². The second kappa shape index (κ2) is 8.09. The molecule has 10 rings (SSSR count). The van der Waals surface area contributed by atoms with E-state index in [9.17, 15) is 0 Å². The molecule has 44 heavy (non-hydrogen) atoms.